The standard InChI is InChI=1S/C18H14F3N3O5S/c1-29-15-5-2-11(17(25)26)7-16(15)30(27,28)8-12-6-13(18(19,20)21)3-4-14(12)24-10-22-9-23-24/h2-7,9-10H,8H2,1H3,(H,25,26). The first-order valence-electron chi connectivity index (χ1n) is 8.22. The minimum absolute atomic E-state index is 0.0810. The molecule has 30 heavy (non-hydrogen) atoms. The van der Waals surface area contributed by atoms with Gasteiger partial charge in [0.05, 0.1) is 29.7 Å². The fraction of sp³-hybridized carbons (Fsp3) is 0.167. The highest BCUT2D eigenvalue weighted by atomic mass is 32.2. The van der Waals surface area contributed by atoms with Gasteiger partial charge in [0.2, 0.25) is 0 Å². The number of nitrogens with zero attached hydrogens (tertiary/aromatic N) is 3. The third kappa shape index (κ3) is 4.27. The zero-order valence-corrected chi connectivity index (χ0v) is 16.1. The van der Waals surface area contributed by atoms with E-state index >= 15 is 0 Å². The molecule has 1 aromatic heterocycles. The van der Waals surface area contributed by atoms with Gasteiger partial charge in [-0.25, -0.2) is 22.9 Å². The molecule has 0 atom stereocenters. The molecule has 3 aromatic rings. The summed E-state index contributed by atoms with van der Waals surface area (Å²) in [5.41, 5.74) is -1.46. The second-order valence-corrected chi connectivity index (χ2v) is 8.07. The van der Waals surface area contributed by atoms with E-state index in [-0.39, 0.29) is 22.6 Å². The molecule has 158 valence electrons. The zero-order valence-electron chi connectivity index (χ0n) is 15.3. The summed E-state index contributed by atoms with van der Waals surface area (Å²) in [5, 5.41) is 13.0. The summed E-state index contributed by atoms with van der Waals surface area (Å²) in [6, 6.07) is 5.83. The number of alkyl halides is 3. The average molecular weight is 441 g/mol. The summed E-state index contributed by atoms with van der Waals surface area (Å²) in [7, 11) is -3.11. The molecule has 8 nitrogen and oxygen atoms in total. The largest absolute Gasteiger partial charge is 0.495 e. The number of aromatic carboxylic acids is 1. The smallest absolute Gasteiger partial charge is 0.416 e. The van der Waals surface area contributed by atoms with Gasteiger partial charge in [0.25, 0.3) is 0 Å². The summed E-state index contributed by atoms with van der Waals surface area (Å²) in [5.74, 6) is -2.35. The van der Waals surface area contributed by atoms with Crippen LogP contribution in [-0.4, -0.2) is 41.4 Å². The Bertz CT molecular complexity index is 1190. The number of ether oxygens (including phenoxy) is 1. The van der Waals surface area contributed by atoms with Crippen molar-refractivity contribution >= 4 is 15.8 Å². The Morgan fingerprint density at radius 2 is 1.93 bits per heavy atom. The van der Waals surface area contributed by atoms with Gasteiger partial charge in [-0.15, -0.1) is 0 Å². The highest BCUT2D eigenvalue weighted by molar-refractivity contribution is 7.90. The van der Waals surface area contributed by atoms with Crippen LogP contribution in [0.2, 0.25) is 0 Å². The minimum atomic E-state index is -4.69. The van der Waals surface area contributed by atoms with Gasteiger partial charge in [-0.2, -0.15) is 18.3 Å². The van der Waals surface area contributed by atoms with Crippen molar-refractivity contribution < 1.29 is 36.2 Å². The molecule has 0 radical (unpaired) electrons. The van der Waals surface area contributed by atoms with E-state index in [4.69, 9.17) is 9.84 Å². The van der Waals surface area contributed by atoms with Crippen molar-refractivity contribution in [3.05, 3.63) is 65.7 Å². The normalized spacial score (nSPS) is 12.0. The van der Waals surface area contributed by atoms with Crippen LogP contribution in [0.25, 0.3) is 5.69 Å². The van der Waals surface area contributed by atoms with Crippen LogP contribution in [0.5, 0.6) is 5.75 Å². The topological polar surface area (TPSA) is 111 Å². The Balaban J connectivity index is 2.15. The third-order valence-electron chi connectivity index (χ3n) is 4.16. The van der Waals surface area contributed by atoms with Crippen molar-refractivity contribution in [3.63, 3.8) is 0 Å². The molecule has 12 heteroatoms. The van der Waals surface area contributed by atoms with Crippen LogP contribution in [0.15, 0.2) is 53.9 Å². The van der Waals surface area contributed by atoms with Crippen LogP contribution in [0, 0.1) is 0 Å². The van der Waals surface area contributed by atoms with Gasteiger partial charge in [0.1, 0.15) is 23.3 Å². The van der Waals surface area contributed by atoms with Crippen molar-refractivity contribution in [2.45, 2.75) is 16.8 Å². The van der Waals surface area contributed by atoms with Crippen LogP contribution in [-0.2, 0) is 21.8 Å². The van der Waals surface area contributed by atoms with E-state index in [0.717, 1.165) is 35.3 Å². The number of rotatable bonds is 6. The Kier molecular flexibility index (Phi) is 5.53. The Morgan fingerprint density at radius 1 is 1.20 bits per heavy atom. The van der Waals surface area contributed by atoms with Gasteiger partial charge in [-0.1, -0.05) is 0 Å². The molecule has 3 rings (SSSR count). The fourth-order valence-electron chi connectivity index (χ4n) is 2.77. The predicted octanol–water partition coefficient (Wildman–Crippen LogP) is 2.97. The predicted molar refractivity (Wildman–Crippen MR) is 97.2 cm³/mol. The number of methoxy groups -OCH3 is 1. The number of carboxylic acids is 1. The van der Waals surface area contributed by atoms with Gasteiger partial charge in [-0.3, -0.25) is 0 Å². The number of carboxylic acid groups (broad SMARTS) is 1. The van der Waals surface area contributed by atoms with Crippen LogP contribution >= 0.6 is 0 Å². The van der Waals surface area contributed by atoms with E-state index < -0.39 is 38.2 Å². The molecule has 0 saturated heterocycles. The summed E-state index contributed by atoms with van der Waals surface area (Å²) >= 11 is 0. The first-order valence-corrected chi connectivity index (χ1v) is 9.87. The second kappa shape index (κ2) is 7.78. The molecule has 0 unspecified atom stereocenters. The molecule has 0 amide bonds. The van der Waals surface area contributed by atoms with Crippen molar-refractivity contribution in [1.29, 1.82) is 0 Å². The van der Waals surface area contributed by atoms with Crippen LogP contribution < -0.4 is 4.74 Å². The molecular weight excluding hydrogens is 427 g/mol. The van der Waals surface area contributed by atoms with E-state index in [1.807, 2.05) is 0 Å². The van der Waals surface area contributed by atoms with E-state index in [1.54, 1.807) is 0 Å². The molecule has 0 aliphatic heterocycles. The molecule has 2 aromatic carbocycles. The van der Waals surface area contributed by atoms with Crippen molar-refractivity contribution in [2.24, 2.45) is 0 Å². The number of halogens is 3. The lowest BCUT2D eigenvalue weighted by Crippen LogP contribution is -2.13. The molecule has 0 aliphatic carbocycles. The van der Waals surface area contributed by atoms with Crippen LogP contribution in [0.1, 0.15) is 21.5 Å². The third-order valence-corrected chi connectivity index (χ3v) is 5.84. The van der Waals surface area contributed by atoms with E-state index in [0.29, 0.717) is 6.07 Å². The number of aromatic nitrogens is 3. The number of hydrogen-bond acceptors (Lipinski definition) is 6. The maximum Gasteiger partial charge on any atom is 0.416 e. The highest BCUT2D eigenvalue weighted by Crippen LogP contribution is 2.34. The molecule has 0 aliphatic rings. The Labute approximate surface area is 168 Å². The molecule has 1 N–H and O–H groups in total. The lowest BCUT2D eigenvalue weighted by molar-refractivity contribution is -0.137. The Morgan fingerprint density at radius 3 is 2.50 bits per heavy atom. The maximum absolute atomic E-state index is 13.2. The summed E-state index contributed by atoms with van der Waals surface area (Å²) in [6.45, 7) is 0. The van der Waals surface area contributed by atoms with Crippen molar-refractivity contribution in [2.75, 3.05) is 7.11 Å². The molecule has 0 spiro atoms. The number of benzene rings is 2. The monoisotopic (exact) mass is 441 g/mol. The quantitative estimate of drug-likeness (QED) is 0.626. The molecule has 0 saturated carbocycles. The number of sulfone groups is 1. The Hall–Kier alpha value is -3.41. The minimum Gasteiger partial charge on any atom is -0.495 e. The van der Waals surface area contributed by atoms with E-state index in [2.05, 4.69) is 10.1 Å². The van der Waals surface area contributed by atoms with Crippen molar-refractivity contribution in [3.8, 4) is 11.4 Å². The number of carbonyl (C=O) groups is 1. The van der Waals surface area contributed by atoms with Gasteiger partial charge in [0, 0.05) is 0 Å². The lowest BCUT2D eigenvalue weighted by atomic mass is 10.1. The summed E-state index contributed by atoms with van der Waals surface area (Å²) in [4.78, 5) is 14.5. The van der Waals surface area contributed by atoms with Gasteiger partial charge in [-0.05, 0) is 42.0 Å². The van der Waals surface area contributed by atoms with Crippen LogP contribution in [0.3, 0.4) is 0 Å². The first kappa shape index (κ1) is 21.3. The van der Waals surface area contributed by atoms with E-state index in [1.165, 1.54) is 19.5 Å². The zero-order chi connectivity index (χ0) is 22.1. The average Bonchev–Trinajstić information content (AvgIpc) is 3.20. The molecule has 0 fully saturated rings. The maximum atomic E-state index is 13.2. The molecular formula is C18H14F3N3O5S. The highest BCUT2D eigenvalue weighted by Gasteiger charge is 2.32. The van der Waals surface area contributed by atoms with Gasteiger partial charge in [0.15, 0.2) is 9.84 Å². The van der Waals surface area contributed by atoms with Crippen molar-refractivity contribution in [1.82, 2.24) is 14.8 Å². The van der Waals surface area contributed by atoms with Gasteiger partial charge < -0.3 is 9.84 Å². The fourth-order valence-corrected chi connectivity index (χ4v) is 4.33. The summed E-state index contributed by atoms with van der Waals surface area (Å²) < 4.78 is 71.8. The SMILES string of the molecule is COc1ccc(C(=O)O)cc1S(=O)(=O)Cc1cc(C(F)(F)F)ccc1-n1cncn1. The molecule has 1 heterocycles. The number of hydrogen-bond donors (Lipinski definition) is 1. The van der Waals surface area contributed by atoms with E-state index in [9.17, 15) is 26.4 Å². The lowest BCUT2D eigenvalue weighted by Gasteiger charge is -2.15. The summed E-state index contributed by atoms with van der Waals surface area (Å²) in [6.07, 6.45) is -2.33. The van der Waals surface area contributed by atoms with Crippen LogP contribution in [0.4, 0.5) is 13.2 Å². The van der Waals surface area contributed by atoms with Gasteiger partial charge >= 0.3 is 12.1 Å². The first-order chi connectivity index (χ1) is 14.0. The second-order valence-electron chi connectivity index (χ2n) is 6.11. The molecule has 0 bridgehead atoms.